The van der Waals surface area contributed by atoms with Crippen LogP contribution >= 0.6 is 0 Å². The normalized spacial score (nSPS) is 12.9. The molecule has 0 heterocycles. The van der Waals surface area contributed by atoms with Crippen LogP contribution in [0.25, 0.3) is 0 Å². The third-order valence-electron chi connectivity index (χ3n) is 1.57. The molecule has 1 aromatic carbocycles. The molecule has 3 N–H and O–H groups in total. The highest BCUT2D eigenvalue weighted by atomic mass is 19.1. The van der Waals surface area contributed by atoms with Gasteiger partial charge in [-0.2, -0.15) is 0 Å². The lowest BCUT2D eigenvalue weighted by molar-refractivity contribution is 0.431. The van der Waals surface area contributed by atoms with Gasteiger partial charge in [0.05, 0.1) is 0 Å². The van der Waals surface area contributed by atoms with Gasteiger partial charge in [-0.1, -0.05) is 6.07 Å². The van der Waals surface area contributed by atoms with Gasteiger partial charge in [0.15, 0.2) is 11.6 Å². The Labute approximate surface area is 70.8 Å². The second kappa shape index (κ2) is 3.54. The summed E-state index contributed by atoms with van der Waals surface area (Å²) in [6.45, 7) is 1.86. The molecule has 0 amide bonds. The number of hydrogen-bond acceptors (Lipinski definition) is 2. The average molecular weight is 169 g/mol. The number of rotatable bonds is 2. The molecule has 0 spiro atoms. The van der Waals surface area contributed by atoms with Crippen molar-refractivity contribution in [2.75, 3.05) is 0 Å². The minimum Gasteiger partial charge on any atom is -0.505 e. The van der Waals surface area contributed by atoms with Crippen LogP contribution in [0.5, 0.6) is 5.75 Å². The minimum atomic E-state index is -0.594. The fraction of sp³-hybridized carbons (Fsp3) is 0.333. The zero-order chi connectivity index (χ0) is 9.14. The van der Waals surface area contributed by atoms with Crippen LogP contribution in [0.1, 0.15) is 12.5 Å². The van der Waals surface area contributed by atoms with Crippen LogP contribution in [-0.4, -0.2) is 11.1 Å². The summed E-state index contributed by atoms with van der Waals surface area (Å²) in [5.41, 5.74) is 6.39. The summed E-state index contributed by atoms with van der Waals surface area (Å²) >= 11 is 0. The van der Waals surface area contributed by atoms with Gasteiger partial charge in [-0.15, -0.1) is 0 Å². The number of halogens is 1. The van der Waals surface area contributed by atoms with E-state index in [4.69, 9.17) is 10.8 Å². The van der Waals surface area contributed by atoms with Crippen molar-refractivity contribution in [3.8, 4) is 5.75 Å². The molecule has 1 aromatic rings. The van der Waals surface area contributed by atoms with Gasteiger partial charge in [-0.3, -0.25) is 0 Å². The highest BCUT2D eigenvalue weighted by molar-refractivity contribution is 5.29. The van der Waals surface area contributed by atoms with Gasteiger partial charge in [0, 0.05) is 6.04 Å². The second-order valence-corrected chi connectivity index (χ2v) is 2.97. The predicted molar refractivity (Wildman–Crippen MR) is 45.4 cm³/mol. The Hall–Kier alpha value is -1.09. The molecule has 1 unspecified atom stereocenters. The molecule has 0 saturated carbocycles. The van der Waals surface area contributed by atoms with Crippen LogP contribution in [0, 0.1) is 5.82 Å². The number of benzene rings is 1. The van der Waals surface area contributed by atoms with Crippen molar-refractivity contribution in [3.63, 3.8) is 0 Å². The van der Waals surface area contributed by atoms with Crippen LogP contribution in [0.3, 0.4) is 0 Å². The van der Waals surface area contributed by atoms with Crippen molar-refractivity contribution in [2.45, 2.75) is 19.4 Å². The smallest absolute Gasteiger partial charge is 0.164 e. The van der Waals surface area contributed by atoms with Crippen molar-refractivity contribution in [2.24, 2.45) is 5.73 Å². The minimum absolute atomic E-state index is 0.0230. The first-order valence-electron chi connectivity index (χ1n) is 3.82. The van der Waals surface area contributed by atoms with E-state index in [1.54, 1.807) is 6.07 Å². The molecule has 12 heavy (non-hydrogen) atoms. The molecule has 0 aromatic heterocycles. The van der Waals surface area contributed by atoms with Crippen LogP contribution in [0.15, 0.2) is 18.2 Å². The van der Waals surface area contributed by atoms with E-state index < -0.39 is 5.82 Å². The number of phenols is 1. The van der Waals surface area contributed by atoms with Gasteiger partial charge < -0.3 is 10.8 Å². The van der Waals surface area contributed by atoms with Crippen LogP contribution in [-0.2, 0) is 6.42 Å². The SMILES string of the molecule is CC(N)Cc1ccc(F)c(O)c1. The average Bonchev–Trinajstić information content (AvgIpc) is 1.96. The summed E-state index contributed by atoms with van der Waals surface area (Å²) in [5.74, 6) is -0.906. The Bertz CT molecular complexity index is 273. The van der Waals surface area contributed by atoms with Crippen molar-refractivity contribution in [1.29, 1.82) is 0 Å². The van der Waals surface area contributed by atoms with E-state index in [0.29, 0.717) is 6.42 Å². The van der Waals surface area contributed by atoms with Crippen molar-refractivity contribution < 1.29 is 9.50 Å². The summed E-state index contributed by atoms with van der Waals surface area (Å²) in [5, 5.41) is 9.00. The summed E-state index contributed by atoms with van der Waals surface area (Å²) < 4.78 is 12.6. The van der Waals surface area contributed by atoms with E-state index in [2.05, 4.69) is 0 Å². The lowest BCUT2D eigenvalue weighted by Crippen LogP contribution is -2.17. The van der Waals surface area contributed by atoms with Crippen LogP contribution in [0.2, 0.25) is 0 Å². The topological polar surface area (TPSA) is 46.2 Å². The Morgan fingerprint density at radius 2 is 2.25 bits per heavy atom. The lowest BCUT2D eigenvalue weighted by Gasteiger charge is -2.05. The Kier molecular flexibility index (Phi) is 2.65. The monoisotopic (exact) mass is 169 g/mol. The molecular weight excluding hydrogens is 157 g/mol. The molecule has 0 saturated heterocycles. The van der Waals surface area contributed by atoms with Crippen LogP contribution in [0.4, 0.5) is 4.39 Å². The molecule has 0 radical (unpaired) electrons. The van der Waals surface area contributed by atoms with E-state index in [9.17, 15) is 4.39 Å². The fourth-order valence-electron chi connectivity index (χ4n) is 1.06. The number of nitrogens with two attached hydrogens (primary N) is 1. The maximum atomic E-state index is 12.6. The zero-order valence-electron chi connectivity index (χ0n) is 6.92. The predicted octanol–water partition coefficient (Wildman–Crippen LogP) is 1.42. The Balaban J connectivity index is 2.82. The molecule has 1 atom stereocenters. The molecule has 0 aliphatic carbocycles. The third-order valence-corrected chi connectivity index (χ3v) is 1.57. The molecule has 0 fully saturated rings. The highest BCUT2D eigenvalue weighted by Gasteiger charge is 2.02. The zero-order valence-corrected chi connectivity index (χ0v) is 6.92. The van der Waals surface area contributed by atoms with Crippen molar-refractivity contribution in [3.05, 3.63) is 29.6 Å². The first kappa shape index (κ1) is 9.00. The molecule has 3 heteroatoms. The van der Waals surface area contributed by atoms with Gasteiger partial charge in [-0.25, -0.2) is 4.39 Å². The van der Waals surface area contributed by atoms with Crippen molar-refractivity contribution in [1.82, 2.24) is 0 Å². The Morgan fingerprint density at radius 3 is 2.75 bits per heavy atom. The summed E-state index contributed by atoms with van der Waals surface area (Å²) in [7, 11) is 0. The molecule has 1 rings (SSSR count). The standard InChI is InChI=1S/C9H12FNO/c1-6(11)4-7-2-3-8(10)9(12)5-7/h2-3,5-6,12H,4,11H2,1H3. The van der Waals surface area contributed by atoms with E-state index in [1.165, 1.54) is 12.1 Å². The van der Waals surface area contributed by atoms with E-state index in [-0.39, 0.29) is 11.8 Å². The fourth-order valence-corrected chi connectivity index (χ4v) is 1.06. The maximum absolute atomic E-state index is 12.6. The molecule has 0 aliphatic rings. The Morgan fingerprint density at radius 1 is 1.58 bits per heavy atom. The van der Waals surface area contributed by atoms with Gasteiger partial charge in [0.25, 0.3) is 0 Å². The molecule has 2 nitrogen and oxygen atoms in total. The van der Waals surface area contributed by atoms with E-state index in [1.807, 2.05) is 6.92 Å². The van der Waals surface area contributed by atoms with Crippen molar-refractivity contribution >= 4 is 0 Å². The third kappa shape index (κ3) is 2.20. The van der Waals surface area contributed by atoms with Crippen LogP contribution < -0.4 is 5.73 Å². The first-order chi connectivity index (χ1) is 5.59. The van der Waals surface area contributed by atoms with E-state index in [0.717, 1.165) is 5.56 Å². The van der Waals surface area contributed by atoms with Gasteiger partial charge in [-0.05, 0) is 31.0 Å². The summed E-state index contributed by atoms with van der Waals surface area (Å²) in [4.78, 5) is 0. The maximum Gasteiger partial charge on any atom is 0.164 e. The largest absolute Gasteiger partial charge is 0.505 e. The summed E-state index contributed by atoms with van der Waals surface area (Å²) in [6, 6.07) is 4.29. The van der Waals surface area contributed by atoms with Gasteiger partial charge in [0.1, 0.15) is 0 Å². The quantitative estimate of drug-likeness (QED) is 0.703. The first-order valence-corrected chi connectivity index (χ1v) is 3.82. The summed E-state index contributed by atoms with van der Waals surface area (Å²) in [6.07, 6.45) is 0.647. The highest BCUT2D eigenvalue weighted by Crippen LogP contribution is 2.17. The molecule has 0 bridgehead atoms. The second-order valence-electron chi connectivity index (χ2n) is 2.97. The lowest BCUT2D eigenvalue weighted by atomic mass is 10.1. The molecular formula is C9H12FNO. The van der Waals surface area contributed by atoms with Gasteiger partial charge in [0.2, 0.25) is 0 Å². The number of hydrogen-bond donors (Lipinski definition) is 2. The number of phenolic OH excluding ortho intramolecular Hbond substituents is 1. The molecule has 66 valence electrons. The van der Waals surface area contributed by atoms with E-state index >= 15 is 0 Å². The van der Waals surface area contributed by atoms with Gasteiger partial charge >= 0.3 is 0 Å². The number of aromatic hydroxyl groups is 1. The molecule has 0 aliphatic heterocycles.